The Bertz CT molecular complexity index is 3740. The Hall–Kier alpha value is -9.74. The van der Waals surface area contributed by atoms with E-state index in [1.54, 1.807) is 59.5 Å². The molecule has 1 N–H and O–H groups in total. The van der Waals surface area contributed by atoms with Gasteiger partial charge in [0.15, 0.2) is 5.78 Å². The first-order valence-electron chi connectivity index (χ1n) is 27.5. The van der Waals surface area contributed by atoms with Crippen molar-refractivity contribution in [1.82, 2.24) is 33.6 Å². The first kappa shape index (κ1) is 51.7. The fourth-order valence-corrected chi connectivity index (χ4v) is 14.5. The van der Waals surface area contributed by atoms with E-state index in [1.165, 1.54) is 10.4 Å². The third-order valence-corrected chi connectivity index (χ3v) is 18.6. The highest BCUT2D eigenvalue weighted by atomic mass is 32.2. The number of amides is 1. The van der Waals surface area contributed by atoms with Gasteiger partial charge in [0.1, 0.15) is 22.4 Å². The number of fused-ring (bicyclic) bond motifs is 1. The lowest BCUT2D eigenvalue weighted by Gasteiger charge is -2.37. The molecule has 2 aliphatic heterocycles. The third kappa shape index (κ3) is 8.84. The first-order chi connectivity index (χ1) is 40.1. The predicted molar refractivity (Wildman–Crippen MR) is 313 cm³/mol. The van der Waals surface area contributed by atoms with Crippen molar-refractivity contribution in [2.24, 2.45) is 11.8 Å². The van der Waals surface area contributed by atoms with Gasteiger partial charge < -0.3 is 14.5 Å². The van der Waals surface area contributed by atoms with E-state index in [9.17, 15) is 18.5 Å². The summed E-state index contributed by atoms with van der Waals surface area (Å²) in [4.78, 5) is 43.4. The average molecular weight is 1090 g/mol. The lowest BCUT2D eigenvalue weighted by atomic mass is 9.76. The summed E-state index contributed by atoms with van der Waals surface area (Å²) in [7, 11) is -3.82. The second-order valence-electron chi connectivity index (χ2n) is 21.4. The van der Waals surface area contributed by atoms with E-state index in [4.69, 9.17) is 9.97 Å². The van der Waals surface area contributed by atoms with Gasteiger partial charge in [-0.2, -0.15) is 9.57 Å². The molecule has 0 bridgehead atoms. The highest BCUT2D eigenvalue weighted by Gasteiger charge is 2.66. The van der Waals surface area contributed by atoms with Crippen LogP contribution in [0.5, 0.6) is 0 Å². The first-order valence-corrected chi connectivity index (χ1v) is 28.9. The van der Waals surface area contributed by atoms with E-state index in [0.29, 0.717) is 28.3 Å². The van der Waals surface area contributed by atoms with Crippen LogP contribution >= 0.6 is 0 Å². The molecule has 8 aromatic carbocycles. The number of carbonyl (C=O) groups excluding carboxylic acids is 2. The number of allylic oxidation sites excluding steroid dienone is 1. The molecule has 2 saturated heterocycles. The molecular formula is C69H56N8O4S. The summed E-state index contributed by atoms with van der Waals surface area (Å²) in [5.74, 6) is -0.774. The van der Waals surface area contributed by atoms with Gasteiger partial charge >= 0.3 is 0 Å². The SMILES string of the molecule is N#Cc1ccc(C(=O)/C=C2\NC(Cc3cn(C(c4ccccc4)(c4ccccc4)c4ccccc4)cn3)(Cc3cn(C(c4ccccc4)(c4ccccc4)c4ccccc4)cn3)C(=O)N2C2C3CN(S(=O)(=O)c4ccccc4)CC32)cc1. The Kier molecular flexibility index (Phi) is 13.3. The number of benzene rings is 8. The summed E-state index contributed by atoms with van der Waals surface area (Å²) in [5, 5.41) is 13.3. The van der Waals surface area contributed by atoms with Crippen LogP contribution in [0.2, 0.25) is 0 Å². The van der Waals surface area contributed by atoms with Gasteiger partial charge in [-0.15, -0.1) is 0 Å². The summed E-state index contributed by atoms with van der Waals surface area (Å²) in [6, 6.07) is 78.5. The summed E-state index contributed by atoms with van der Waals surface area (Å²) < 4.78 is 33.9. The molecule has 0 spiro atoms. The van der Waals surface area contributed by atoms with Gasteiger partial charge in [-0.05, 0) is 69.8 Å². The van der Waals surface area contributed by atoms with Crippen molar-refractivity contribution in [2.45, 2.75) is 40.4 Å². The van der Waals surface area contributed by atoms with Gasteiger partial charge in [0.05, 0.1) is 40.6 Å². The fourth-order valence-electron chi connectivity index (χ4n) is 13.0. The molecule has 10 aromatic rings. The number of nitrogens with zero attached hydrogens (tertiary/aromatic N) is 7. The molecule has 3 fully saturated rings. The molecule has 13 heteroatoms. The molecule has 13 rings (SSSR count). The number of imidazole rings is 2. The van der Waals surface area contributed by atoms with Crippen LogP contribution in [0.1, 0.15) is 60.7 Å². The summed E-state index contributed by atoms with van der Waals surface area (Å²) in [5.41, 5.74) is 4.71. The molecule has 2 unspecified atom stereocenters. The molecule has 12 nitrogen and oxygen atoms in total. The molecule has 1 saturated carbocycles. The fraction of sp³-hybridized carbons (Fsp3) is 0.145. The summed E-state index contributed by atoms with van der Waals surface area (Å²) >= 11 is 0. The van der Waals surface area contributed by atoms with E-state index in [1.807, 2.05) is 134 Å². The second-order valence-corrected chi connectivity index (χ2v) is 23.4. The quantitative estimate of drug-likeness (QED) is 0.0539. The Balaban J connectivity index is 0.964. The van der Waals surface area contributed by atoms with E-state index < -0.39 is 32.7 Å². The van der Waals surface area contributed by atoms with Crippen LogP contribution in [-0.4, -0.2) is 73.1 Å². The standard InChI is InChI=1S/C69H56N8O4S/c70-43-50-36-38-51(39-37-50)63(78)40-64-73-67(66(79)77(64)65-61-46-76(47-62(61)65)82(80,81)60-34-20-7-21-35-60,41-58-44-74(48-71-58)68(52-22-8-1-9-23-52,53-24-10-2-11-25-53)54-26-12-3-13-27-54)42-59-45-75(49-72-59)69(55-28-14-4-15-29-55,56-30-16-5-17-31-56)57-32-18-6-19-33-57/h1-40,44-45,48-49,61-62,65,73H,41-42,46-47H2/b64-40+. The summed E-state index contributed by atoms with van der Waals surface area (Å²) in [6.07, 6.45) is 9.34. The van der Waals surface area contributed by atoms with Gasteiger partial charge in [0.25, 0.3) is 5.91 Å². The van der Waals surface area contributed by atoms with Gasteiger partial charge in [-0.3, -0.25) is 14.5 Å². The number of nitriles is 1. The minimum atomic E-state index is -3.82. The number of piperidine rings is 1. The van der Waals surface area contributed by atoms with Crippen LogP contribution in [0.3, 0.4) is 0 Å². The number of aromatic nitrogens is 4. The van der Waals surface area contributed by atoms with Crippen molar-refractivity contribution in [3.05, 3.63) is 329 Å². The number of sulfonamides is 1. The van der Waals surface area contributed by atoms with Gasteiger partial charge in [0.2, 0.25) is 10.0 Å². The van der Waals surface area contributed by atoms with Crippen molar-refractivity contribution in [3.8, 4) is 6.07 Å². The molecule has 82 heavy (non-hydrogen) atoms. The molecule has 1 aliphatic carbocycles. The maximum atomic E-state index is 16.5. The number of carbonyl (C=O) groups is 2. The number of nitrogens with one attached hydrogen (secondary N) is 1. The van der Waals surface area contributed by atoms with Crippen LogP contribution in [-0.2, 0) is 38.7 Å². The highest BCUT2D eigenvalue weighted by Crippen LogP contribution is 2.53. The smallest absolute Gasteiger partial charge is 0.254 e. The molecule has 0 radical (unpaired) electrons. The number of hydrogen-bond acceptors (Lipinski definition) is 8. The van der Waals surface area contributed by atoms with Crippen molar-refractivity contribution in [3.63, 3.8) is 0 Å². The van der Waals surface area contributed by atoms with Crippen molar-refractivity contribution in [1.29, 1.82) is 5.26 Å². The second kappa shape index (κ2) is 21.1. The lowest BCUT2D eigenvalue weighted by Crippen LogP contribution is -2.51. The Morgan fingerprint density at radius 1 is 0.561 bits per heavy atom. The van der Waals surface area contributed by atoms with Crippen molar-refractivity contribution < 1.29 is 18.0 Å². The van der Waals surface area contributed by atoms with E-state index in [2.05, 4.69) is 93.3 Å². The normalized spacial score (nSPS) is 18.2. The Morgan fingerprint density at radius 3 is 1.29 bits per heavy atom. The number of rotatable bonds is 17. The van der Waals surface area contributed by atoms with Crippen LogP contribution in [0.4, 0.5) is 0 Å². The van der Waals surface area contributed by atoms with Crippen molar-refractivity contribution >= 4 is 21.7 Å². The lowest BCUT2D eigenvalue weighted by molar-refractivity contribution is -0.132. The molecule has 1 amide bonds. The topological polar surface area (TPSA) is 146 Å². The monoisotopic (exact) mass is 1090 g/mol. The minimum absolute atomic E-state index is 0.0663. The number of hydrogen-bond donors (Lipinski definition) is 1. The van der Waals surface area contributed by atoms with E-state index in [-0.39, 0.29) is 54.4 Å². The van der Waals surface area contributed by atoms with Crippen LogP contribution in [0.25, 0.3) is 0 Å². The zero-order chi connectivity index (χ0) is 55.9. The Labute approximate surface area is 477 Å². The average Bonchev–Trinajstić information content (AvgIpc) is 2.74. The van der Waals surface area contributed by atoms with Gasteiger partial charge in [0, 0.05) is 67.8 Å². The third-order valence-electron chi connectivity index (χ3n) is 16.8. The maximum Gasteiger partial charge on any atom is 0.254 e. The maximum absolute atomic E-state index is 16.5. The molecule has 3 aliphatic rings. The highest BCUT2D eigenvalue weighted by molar-refractivity contribution is 7.89. The van der Waals surface area contributed by atoms with Gasteiger partial charge in [-0.25, -0.2) is 18.4 Å². The van der Waals surface area contributed by atoms with Crippen LogP contribution in [0, 0.1) is 23.2 Å². The molecule has 402 valence electrons. The molecule has 2 aromatic heterocycles. The molecule has 4 heterocycles. The molecular weight excluding hydrogens is 1040 g/mol. The number of ketones is 1. The minimum Gasteiger partial charge on any atom is -0.356 e. The predicted octanol–water partition coefficient (Wildman–Crippen LogP) is 10.6. The van der Waals surface area contributed by atoms with E-state index in [0.717, 1.165) is 33.4 Å². The van der Waals surface area contributed by atoms with Gasteiger partial charge in [-0.1, -0.05) is 200 Å². The zero-order valence-corrected chi connectivity index (χ0v) is 45.5. The Morgan fingerprint density at radius 2 is 0.927 bits per heavy atom. The van der Waals surface area contributed by atoms with Crippen LogP contribution < -0.4 is 5.32 Å². The van der Waals surface area contributed by atoms with Crippen molar-refractivity contribution in [2.75, 3.05) is 13.1 Å². The molecule has 2 atom stereocenters. The zero-order valence-electron chi connectivity index (χ0n) is 44.6. The van der Waals surface area contributed by atoms with Crippen LogP contribution in [0.15, 0.2) is 278 Å². The largest absolute Gasteiger partial charge is 0.356 e. The van der Waals surface area contributed by atoms with E-state index >= 15 is 4.79 Å². The summed E-state index contributed by atoms with van der Waals surface area (Å²) in [6.45, 7) is 0.409.